The lowest BCUT2D eigenvalue weighted by molar-refractivity contribution is -0.605. The van der Waals surface area contributed by atoms with E-state index in [4.69, 9.17) is 4.74 Å². The van der Waals surface area contributed by atoms with Crippen molar-refractivity contribution in [3.05, 3.63) is 29.7 Å². The van der Waals surface area contributed by atoms with Crippen molar-refractivity contribution in [2.75, 3.05) is 0 Å². The number of pyridine rings is 1. The van der Waals surface area contributed by atoms with Crippen LogP contribution in [0.4, 0.5) is 0 Å². The molecular weight excluding hydrogens is 154 g/mol. The Morgan fingerprint density at radius 2 is 1.75 bits per heavy atom. The molecule has 0 amide bonds. The maximum absolute atomic E-state index is 10.6. The minimum absolute atomic E-state index is 0.213. The molecule has 0 radical (unpaired) electrons. The molecule has 1 rings (SSSR count). The minimum atomic E-state index is -0.213. The van der Waals surface area contributed by atoms with Crippen LogP contribution in [0.2, 0.25) is 0 Å². The van der Waals surface area contributed by atoms with Crippen molar-refractivity contribution in [1.82, 2.24) is 0 Å². The van der Waals surface area contributed by atoms with Crippen LogP contribution in [0.25, 0.3) is 0 Å². The van der Waals surface area contributed by atoms with Gasteiger partial charge in [-0.1, -0.05) is 0 Å². The van der Waals surface area contributed by atoms with Crippen molar-refractivity contribution in [3.8, 4) is 5.75 Å². The van der Waals surface area contributed by atoms with E-state index in [1.54, 1.807) is 12.1 Å². The Morgan fingerprint density at radius 1 is 1.25 bits per heavy atom. The van der Waals surface area contributed by atoms with Crippen molar-refractivity contribution in [2.45, 2.75) is 26.4 Å². The number of rotatable bonds is 1. The van der Waals surface area contributed by atoms with Gasteiger partial charge >= 0.3 is 0 Å². The lowest BCUT2D eigenvalue weighted by Gasteiger charge is -2.20. The molecule has 3 heteroatoms. The average Bonchev–Trinajstić information content (AvgIpc) is 1.91. The highest BCUT2D eigenvalue weighted by Gasteiger charge is 2.11. The van der Waals surface area contributed by atoms with Crippen molar-refractivity contribution >= 4 is 0 Å². The fourth-order valence-electron chi connectivity index (χ4n) is 0.821. The number of aromatic nitrogens is 1. The third-order valence-electron chi connectivity index (χ3n) is 1.20. The Morgan fingerprint density at radius 3 is 2.17 bits per heavy atom. The predicted octanol–water partition coefficient (Wildman–Crippen LogP) is 1.50. The summed E-state index contributed by atoms with van der Waals surface area (Å²) in [4.78, 5) is 0. The summed E-state index contributed by atoms with van der Waals surface area (Å²) in [6.45, 7) is 5.89. The molecule has 0 N–H and O–H groups in total. The highest BCUT2D eigenvalue weighted by Crippen LogP contribution is 2.15. The van der Waals surface area contributed by atoms with E-state index in [0.29, 0.717) is 0 Å². The molecule has 0 fully saturated rings. The Labute approximate surface area is 72.2 Å². The van der Waals surface area contributed by atoms with Gasteiger partial charge in [-0.25, -0.2) is 0 Å². The van der Waals surface area contributed by atoms with E-state index in [1.165, 1.54) is 12.4 Å². The number of nitrogens with zero attached hydrogens (tertiary/aromatic N) is 1. The zero-order chi connectivity index (χ0) is 9.19. The van der Waals surface area contributed by atoms with Crippen molar-refractivity contribution < 1.29 is 9.47 Å². The first-order chi connectivity index (χ1) is 5.47. The van der Waals surface area contributed by atoms with Gasteiger partial charge in [0.25, 0.3) is 0 Å². The number of hydrogen-bond donors (Lipinski definition) is 0. The number of hydrogen-bond acceptors (Lipinski definition) is 2. The molecule has 0 atom stereocenters. The molecular formula is C9H13NO2. The Kier molecular flexibility index (Phi) is 2.22. The molecule has 1 aromatic rings. The van der Waals surface area contributed by atoms with Crippen LogP contribution in [0.1, 0.15) is 20.8 Å². The predicted molar refractivity (Wildman–Crippen MR) is 45.8 cm³/mol. The van der Waals surface area contributed by atoms with Crippen molar-refractivity contribution in [2.24, 2.45) is 0 Å². The van der Waals surface area contributed by atoms with Crippen LogP contribution in [0.3, 0.4) is 0 Å². The van der Waals surface area contributed by atoms with Gasteiger partial charge in [-0.2, -0.15) is 4.73 Å². The SMILES string of the molecule is CC(C)(C)Oc1cc[n+]([O-])cc1. The van der Waals surface area contributed by atoms with E-state index >= 15 is 0 Å². The van der Waals surface area contributed by atoms with Gasteiger partial charge in [-0.05, 0) is 20.8 Å². The fraction of sp³-hybridized carbons (Fsp3) is 0.444. The molecule has 66 valence electrons. The topological polar surface area (TPSA) is 36.2 Å². The normalized spacial score (nSPS) is 11.2. The monoisotopic (exact) mass is 167 g/mol. The molecule has 0 aromatic carbocycles. The van der Waals surface area contributed by atoms with Gasteiger partial charge in [-0.3, -0.25) is 0 Å². The van der Waals surface area contributed by atoms with Crippen molar-refractivity contribution in [3.63, 3.8) is 0 Å². The standard InChI is InChI=1S/C9H13NO2/c1-9(2,3)12-8-4-6-10(11)7-5-8/h4-7H,1-3H3. The molecule has 1 aromatic heterocycles. The van der Waals surface area contributed by atoms with Gasteiger partial charge in [-0.15, -0.1) is 0 Å². The van der Waals surface area contributed by atoms with Crippen LogP contribution < -0.4 is 9.47 Å². The zero-order valence-corrected chi connectivity index (χ0v) is 7.57. The maximum atomic E-state index is 10.6. The van der Waals surface area contributed by atoms with Crippen LogP contribution in [0, 0.1) is 5.21 Å². The van der Waals surface area contributed by atoms with E-state index in [-0.39, 0.29) is 5.60 Å². The molecule has 12 heavy (non-hydrogen) atoms. The maximum Gasteiger partial charge on any atom is 0.184 e. The number of ether oxygens (including phenoxy) is 1. The molecule has 1 heterocycles. The molecule has 0 aliphatic rings. The van der Waals surface area contributed by atoms with E-state index in [1.807, 2.05) is 20.8 Å². The summed E-state index contributed by atoms with van der Waals surface area (Å²) >= 11 is 0. The minimum Gasteiger partial charge on any atom is -0.619 e. The fourth-order valence-corrected chi connectivity index (χ4v) is 0.821. The van der Waals surface area contributed by atoms with Gasteiger partial charge in [0.15, 0.2) is 12.4 Å². The second kappa shape index (κ2) is 3.01. The summed E-state index contributed by atoms with van der Waals surface area (Å²) in [5.41, 5.74) is -0.213. The second-order valence-electron chi connectivity index (χ2n) is 3.61. The summed E-state index contributed by atoms with van der Waals surface area (Å²) in [6.07, 6.45) is 2.84. The first-order valence-electron chi connectivity index (χ1n) is 3.85. The molecule has 0 bridgehead atoms. The lowest BCUT2D eigenvalue weighted by Crippen LogP contribution is -2.26. The van der Waals surface area contributed by atoms with Crippen LogP contribution in [-0.4, -0.2) is 5.60 Å². The Bertz CT molecular complexity index is 248. The van der Waals surface area contributed by atoms with E-state index < -0.39 is 0 Å². The third-order valence-corrected chi connectivity index (χ3v) is 1.20. The zero-order valence-electron chi connectivity index (χ0n) is 7.57. The summed E-state index contributed by atoms with van der Waals surface area (Å²) in [5.74, 6) is 0.717. The average molecular weight is 167 g/mol. The first kappa shape index (κ1) is 8.84. The van der Waals surface area contributed by atoms with Crippen LogP contribution in [0.5, 0.6) is 5.75 Å². The second-order valence-corrected chi connectivity index (χ2v) is 3.61. The molecule has 0 spiro atoms. The molecule has 0 unspecified atom stereocenters. The Balaban J connectivity index is 2.71. The van der Waals surface area contributed by atoms with Gasteiger partial charge in [0.2, 0.25) is 0 Å². The van der Waals surface area contributed by atoms with E-state index in [9.17, 15) is 5.21 Å². The molecule has 0 aliphatic carbocycles. The Hall–Kier alpha value is -1.25. The summed E-state index contributed by atoms with van der Waals surface area (Å²) in [7, 11) is 0. The van der Waals surface area contributed by atoms with Crippen LogP contribution in [-0.2, 0) is 0 Å². The molecule has 3 nitrogen and oxygen atoms in total. The highest BCUT2D eigenvalue weighted by molar-refractivity contribution is 5.15. The smallest absolute Gasteiger partial charge is 0.184 e. The van der Waals surface area contributed by atoms with Crippen LogP contribution >= 0.6 is 0 Å². The lowest BCUT2D eigenvalue weighted by atomic mass is 10.2. The quantitative estimate of drug-likeness (QED) is 0.469. The van der Waals surface area contributed by atoms with Gasteiger partial charge < -0.3 is 9.94 Å². The largest absolute Gasteiger partial charge is 0.619 e. The third kappa shape index (κ3) is 2.78. The van der Waals surface area contributed by atoms with Crippen molar-refractivity contribution in [1.29, 1.82) is 0 Å². The van der Waals surface area contributed by atoms with E-state index in [2.05, 4.69) is 0 Å². The summed E-state index contributed by atoms with van der Waals surface area (Å²) in [6, 6.07) is 3.30. The molecule has 0 saturated carbocycles. The first-order valence-corrected chi connectivity index (χ1v) is 3.85. The van der Waals surface area contributed by atoms with Gasteiger partial charge in [0, 0.05) is 12.1 Å². The molecule has 0 saturated heterocycles. The van der Waals surface area contributed by atoms with E-state index in [0.717, 1.165) is 10.5 Å². The summed E-state index contributed by atoms with van der Waals surface area (Å²) < 4.78 is 6.24. The van der Waals surface area contributed by atoms with Gasteiger partial charge in [0.1, 0.15) is 11.4 Å². The molecule has 0 aliphatic heterocycles. The highest BCUT2D eigenvalue weighted by atomic mass is 16.5. The summed E-state index contributed by atoms with van der Waals surface area (Å²) in [5, 5.41) is 10.6. The van der Waals surface area contributed by atoms with Crippen LogP contribution in [0.15, 0.2) is 24.5 Å². The van der Waals surface area contributed by atoms with Gasteiger partial charge in [0.05, 0.1) is 0 Å².